The summed E-state index contributed by atoms with van der Waals surface area (Å²) in [5, 5.41) is 0. The number of carbonyl (C=O) groups excluding carboxylic acids is 1. The molecular weight excluding hydrogens is 254 g/mol. The molecule has 0 aliphatic rings. The van der Waals surface area contributed by atoms with E-state index in [-0.39, 0.29) is 23.1 Å². The summed E-state index contributed by atoms with van der Waals surface area (Å²) in [5.74, 6) is -0.529. The second-order valence-electron chi connectivity index (χ2n) is 4.02. The summed E-state index contributed by atoms with van der Waals surface area (Å²) in [5.41, 5.74) is 0.225. The molecule has 0 heterocycles. The lowest BCUT2D eigenvalue weighted by Gasteiger charge is -2.10. The minimum absolute atomic E-state index is 0.0572. The molecule has 0 bridgehead atoms. The van der Waals surface area contributed by atoms with Crippen LogP contribution in [0.25, 0.3) is 0 Å². The van der Waals surface area contributed by atoms with Gasteiger partial charge in [0.05, 0.1) is 17.1 Å². The van der Waals surface area contributed by atoms with Gasteiger partial charge in [-0.15, -0.1) is 0 Å². The monoisotopic (exact) mass is 271 g/mol. The fraction of sp³-hybridized carbons (Fsp3) is 0.417. The molecule has 5 nitrogen and oxygen atoms in total. The van der Waals surface area contributed by atoms with E-state index in [0.29, 0.717) is 0 Å². The summed E-state index contributed by atoms with van der Waals surface area (Å²) in [4.78, 5) is 11.6. The highest BCUT2D eigenvalue weighted by Crippen LogP contribution is 2.12. The van der Waals surface area contributed by atoms with Crippen LogP contribution in [0.15, 0.2) is 29.2 Å². The highest BCUT2D eigenvalue weighted by Gasteiger charge is 2.17. The van der Waals surface area contributed by atoms with Gasteiger partial charge in [-0.25, -0.2) is 17.9 Å². The van der Waals surface area contributed by atoms with Crippen LogP contribution in [0.1, 0.15) is 31.1 Å². The average Bonchev–Trinajstić information content (AvgIpc) is 2.28. The Morgan fingerprint density at radius 1 is 1.39 bits per heavy atom. The van der Waals surface area contributed by atoms with Crippen molar-refractivity contribution in [3.05, 3.63) is 29.8 Å². The summed E-state index contributed by atoms with van der Waals surface area (Å²) < 4.78 is 31.1. The quantitative estimate of drug-likeness (QED) is 0.825. The summed E-state index contributed by atoms with van der Waals surface area (Å²) in [6.07, 6.45) is 0. The normalized spacial score (nSPS) is 11.6. The third kappa shape index (κ3) is 3.82. The summed E-state index contributed by atoms with van der Waals surface area (Å²) in [6.45, 7) is 5.40. The molecule has 0 saturated heterocycles. The van der Waals surface area contributed by atoms with Crippen molar-refractivity contribution in [2.45, 2.75) is 31.7 Å². The first kappa shape index (κ1) is 14.7. The number of esters is 1. The van der Waals surface area contributed by atoms with Gasteiger partial charge in [-0.3, -0.25) is 0 Å². The van der Waals surface area contributed by atoms with Crippen molar-refractivity contribution in [1.82, 2.24) is 4.72 Å². The van der Waals surface area contributed by atoms with E-state index in [1.807, 2.05) is 0 Å². The van der Waals surface area contributed by atoms with E-state index in [1.54, 1.807) is 20.8 Å². The number of nitrogens with one attached hydrogen (secondary N) is 1. The first-order valence-electron chi connectivity index (χ1n) is 5.66. The van der Waals surface area contributed by atoms with Crippen LogP contribution in [0.3, 0.4) is 0 Å². The average molecular weight is 271 g/mol. The van der Waals surface area contributed by atoms with E-state index >= 15 is 0 Å². The van der Waals surface area contributed by atoms with Gasteiger partial charge in [0.2, 0.25) is 10.0 Å². The molecule has 0 spiro atoms. The molecule has 6 heteroatoms. The molecule has 1 N–H and O–H groups in total. The lowest BCUT2D eigenvalue weighted by Crippen LogP contribution is -2.30. The van der Waals surface area contributed by atoms with Crippen LogP contribution in [0.2, 0.25) is 0 Å². The van der Waals surface area contributed by atoms with Crippen LogP contribution in [0, 0.1) is 0 Å². The van der Waals surface area contributed by atoms with Gasteiger partial charge in [-0.2, -0.15) is 0 Å². The molecule has 0 atom stereocenters. The van der Waals surface area contributed by atoms with Crippen molar-refractivity contribution in [2.75, 3.05) is 6.61 Å². The van der Waals surface area contributed by atoms with Crippen LogP contribution in [0.5, 0.6) is 0 Å². The third-order valence-corrected chi connectivity index (χ3v) is 3.70. The molecule has 1 aromatic carbocycles. The predicted molar refractivity (Wildman–Crippen MR) is 67.9 cm³/mol. The largest absolute Gasteiger partial charge is 0.462 e. The molecule has 18 heavy (non-hydrogen) atoms. The molecule has 0 fully saturated rings. The molecule has 0 amide bonds. The Hall–Kier alpha value is -1.40. The lowest BCUT2D eigenvalue weighted by atomic mass is 10.2. The summed E-state index contributed by atoms with van der Waals surface area (Å²) in [7, 11) is -3.59. The van der Waals surface area contributed by atoms with Gasteiger partial charge in [0.25, 0.3) is 0 Å². The van der Waals surface area contributed by atoms with E-state index < -0.39 is 16.0 Å². The predicted octanol–water partition coefficient (Wildman–Crippen LogP) is 1.55. The van der Waals surface area contributed by atoms with Gasteiger partial charge >= 0.3 is 5.97 Å². The maximum atomic E-state index is 11.9. The van der Waals surface area contributed by atoms with E-state index in [4.69, 9.17) is 4.74 Å². The third-order valence-electron chi connectivity index (χ3n) is 2.05. The SMILES string of the molecule is CCOC(=O)c1cccc(S(=O)(=O)NC(C)C)c1. The molecule has 0 aliphatic heterocycles. The van der Waals surface area contributed by atoms with Crippen molar-refractivity contribution in [2.24, 2.45) is 0 Å². The Morgan fingerprint density at radius 3 is 2.61 bits per heavy atom. The van der Waals surface area contributed by atoms with Crippen molar-refractivity contribution in [3.8, 4) is 0 Å². The second-order valence-corrected chi connectivity index (χ2v) is 5.74. The van der Waals surface area contributed by atoms with Gasteiger partial charge in [-0.1, -0.05) is 6.07 Å². The second kappa shape index (κ2) is 5.97. The molecule has 0 aliphatic carbocycles. The van der Waals surface area contributed by atoms with Gasteiger partial charge in [0, 0.05) is 6.04 Å². The number of benzene rings is 1. The minimum atomic E-state index is -3.59. The Bertz CT molecular complexity index is 523. The number of ether oxygens (including phenoxy) is 1. The molecule has 0 unspecified atom stereocenters. The van der Waals surface area contributed by atoms with E-state index in [9.17, 15) is 13.2 Å². The van der Waals surface area contributed by atoms with Crippen molar-refractivity contribution >= 4 is 16.0 Å². The van der Waals surface area contributed by atoms with Gasteiger partial charge in [-0.05, 0) is 39.0 Å². The molecular formula is C12H17NO4S. The summed E-state index contributed by atoms with van der Waals surface area (Å²) >= 11 is 0. The van der Waals surface area contributed by atoms with Crippen LogP contribution in [-0.4, -0.2) is 27.0 Å². The number of hydrogen-bond donors (Lipinski definition) is 1. The Labute approximate surface area is 107 Å². The smallest absolute Gasteiger partial charge is 0.338 e. The lowest BCUT2D eigenvalue weighted by molar-refractivity contribution is 0.0526. The maximum absolute atomic E-state index is 11.9. The standard InChI is InChI=1S/C12H17NO4S/c1-4-17-12(14)10-6-5-7-11(8-10)18(15,16)13-9(2)3/h5-9,13H,4H2,1-3H3. The first-order valence-corrected chi connectivity index (χ1v) is 7.14. The highest BCUT2D eigenvalue weighted by molar-refractivity contribution is 7.89. The van der Waals surface area contributed by atoms with Crippen LogP contribution in [-0.2, 0) is 14.8 Å². The number of carbonyl (C=O) groups is 1. The minimum Gasteiger partial charge on any atom is -0.462 e. The molecule has 1 rings (SSSR count). The first-order chi connectivity index (χ1) is 8.36. The van der Waals surface area contributed by atoms with Crippen molar-refractivity contribution < 1.29 is 17.9 Å². The molecule has 0 aromatic heterocycles. The van der Waals surface area contributed by atoms with Crippen LogP contribution in [0.4, 0.5) is 0 Å². The Morgan fingerprint density at radius 2 is 2.06 bits per heavy atom. The van der Waals surface area contributed by atoms with E-state index in [0.717, 1.165) is 0 Å². The number of rotatable bonds is 5. The van der Waals surface area contributed by atoms with Gasteiger partial charge in [0.15, 0.2) is 0 Å². The molecule has 0 saturated carbocycles. The molecule has 0 radical (unpaired) electrons. The molecule has 1 aromatic rings. The zero-order valence-corrected chi connectivity index (χ0v) is 11.5. The van der Waals surface area contributed by atoms with Gasteiger partial charge in [0.1, 0.15) is 0 Å². The highest BCUT2D eigenvalue weighted by atomic mass is 32.2. The topological polar surface area (TPSA) is 72.5 Å². The zero-order chi connectivity index (χ0) is 13.8. The van der Waals surface area contributed by atoms with Crippen molar-refractivity contribution in [3.63, 3.8) is 0 Å². The van der Waals surface area contributed by atoms with Crippen molar-refractivity contribution in [1.29, 1.82) is 0 Å². The Balaban J connectivity index is 3.05. The number of hydrogen-bond acceptors (Lipinski definition) is 4. The van der Waals surface area contributed by atoms with E-state index in [1.165, 1.54) is 24.3 Å². The Kier molecular flexibility index (Phi) is 4.86. The van der Waals surface area contributed by atoms with Gasteiger partial charge < -0.3 is 4.74 Å². The molecule has 100 valence electrons. The van der Waals surface area contributed by atoms with Crippen LogP contribution >= 0.6 is 0 Å². The fourth-order valence-electron chi connectivity index (χ4n) is 1.38. The van der Waals surface area contributed by atoms with E-state index in [2.05, 4.69) is 4.72 Å². The maximum Gasteiger partial charge on any atom is 0.338 e. The fourth-order valence-corrected chi connectivity index (χ4v) is 2.68. The zero-order valence-electron chi connectivity index (χ0n) is 10.6. The van der Waals surface area contributed by atoms with Crippen LogP contribution < -0.4 is 4.72 Å². The summed E-state index contributed by atoms with van der Waals surface area (Å²) in [6, 6.07) is 5.57. The number of sulfonamides is 1.